The third kappa shape index (κ3) is 4.01. The zero-order chi connectivity index (χ0) is 11.1. The lowest BCUT2D eigenvalue weighted by molar-refractivity contribution is 5.23. The van der Waals surface area contributed by atoms with Gasteiger partial charge in [-0.15, -0.1) is 0 Å². The summed E-state index contributed by atoms with van der Waals surface area (Å²) in [7, 11) is -0.840. The van der Waals surface area contributed by atoms with E-state index in [2.05, 4.69) is 11.7 Å². The predicted octanol–water partition coefficient (Wildman–Crippen LogP) is 1.24. The van der Waals surface area contributed by atoms with Crippen molar-refractivity contribution in [3.05, 3.63) is 0 Å². The molecule has 0 aliphatic heterocycles. The molecule has 13 heavy (non-hydrogen) atoms. The Kier molecular flexibility index (Phi) is 7.56. The van der Waals surface area contributed by atoms with Gasteiger partial charge in [-0.05, 0) is 78.3 Å². The van der Waals surface area contributed by atoms with Crippen LogP contribution < -0.4 is 0 Å². The van der Waals surface area contributed by atoms with Gasteiger partial charge in [-0.25, -0.2) is 0 Å². The van der Waals surface area contributed by atoms with Gasteiger partial charge >= 0.3 is 0 Å². The van der Waals surface area contributed by atoms with E-state index in [1.54, 1.807) is 0 Å². The summed E-state index contributed by atoms with van der Waals surface area (Å²) in [6.07, 6.45) is 0. The van der Waals surface area contributed by atoms with Crippen molar-refractivity contribution in [3.63, 3.8) is 0 Å². The minimum Gasteiger partial charge on any atom is -0.0948 e. The van der Waals surface area contributed by atoms with E-state index >= 15 is 0 Å². The van der Waals surface area contributed by atoms with E-state index in [9.17, 15) is 0 Å². The number of hydrogen-bond donors (Lipinski definition) is 1. The van der Waals surface area contributed by atoms with Gasteiger partial charge in [0.1, 0.15) is 0 Å². The molecule has 0 aliphatic carbocycles. The number of rotatable bonds is 3. The van der Waals surface area contributed by atoms with Crippen LogP contribution in [0.2, 0.25) is 0 Å². The highest BCUT2D eigenvalue weighted by Gasteiger charge is 2.22. The lowest BCUT2D eigenvalue weighted by Crippen LogP contribution is -2.15. The lowest BCUT2D eigenvalue weighted by Gasteiger charge is -2.16. The Morgan fingerprint density at radius 3 is 1.38 bits per heavy atom. The van der Waals surface area contributed by atoms with E-state index in [4.69, 9.17) is 78.3 Å². The molecule has 0 aliphatic rings. The summed E-state index contributed by atoms with van der Waals surface area (Å²) >= 11 is 42.0. The molecule has 0 amide bonds. The largest absolute Gasteiger partial charge is 0.0948 e. The van der Waals surface area contributed by atoms with Crippen molar-refractivity contribution in [1.82, 2.24) is 0 Å². The van der Waals surface area contributed by atoms with Crippen LogP contribution in [0.25, 0.3) is 0 Å². The first-order chi connectivity index (χ1) is 5.44. The average Bonchev–Trinajstić information content (AvgIpc) is 1.84. The van der Waals surface area contributed by atoms with Crippen LogP contribution in [0.15, 0.2) is 0 Å². The highest BCUT2D eigenvalue weighted by molar-refractivity contribution is 14.2. The van der Waals surface area contributed by atoms with Gasteiger partial charge in [0.15, 0.2) is 0 Å². The van der Waals surface area contributed by atoms with Gasteiger partial charge in [0.05, 0.1) is 0 Å². The van der Waals surface area contributed by atoms with E-state index in [-0.39, 0.29) is 0 Å². The zero-order valence-corrected chi connectivity index (χ0v) is 17.3. The third-order valence-electron chi connectivity index (χ3n) is 0.668. The standard InChI is InChI=1S/HIS12/c1-11(4,5)13(8,9)12(6,7)10(2)3/h(H,2,3). The van der Waals surface area contributed by atoms with Gasteiger partial charge < -0.3 is 0 Å². The fourth-order valence-electron chi connectivity index (χ4n) is 0.171. The highest BCUT2D eigenvalue weighted by Crippen LogP contribution is 2.26. The van der Waals surface area contributed by atoms with Crippen LogP contribution in [0.1, 0.15) is 0 Å². The maximum Gasteiger partial charge on any atom is 0.0433 e. The van der Waals surface area contributed by atoms with E-state index in [1.807, 2.05) is 21.2 Å². The van der Waals surface area contributed by atoms with Crippen LogP contribution in [-0.4, -0.2) is 0 Å². The van der Waals surface area contributed by atoms with Crippen molar-refractivity contribution in [2.45, 2.75) is 0 Å². The van der Waals surface area contributed by atoms with Crippen LogP contribution in [0.4, 0.5) is 0 Å². The van der Waals surface area contributed by atoms with E-state index < -0.39 is 21.3 Å². The molecule has 0 N–H and O–H groups in total. The molecule has 13 heteroatoms. The van der Waals surface area contributed by atoms with Gasteiger partial charge in [-0.3, -0.25) is 0 Å². The Hall–Kier alpha value is 4.02. The minimum absolute atomic E-state index is 0.840. The molecule has 1 atom stereocenters. The van der Waals surface area contributed by atoms with E-state index in [0.29, 0.717) is 0 Å². The number of thiol groups is 1. The molecule has 0 nitrogen and oxygen atoms in total. The van der Waals surface area contributed by atoms with Crippen LogP contribution >= 0.6 is 32.9 Å². The molecule has 0 fully saturated rings. The topological polar surface area (TPSA) is 0 Å². The summed E-state index contributed by atoms with van der Waals surface area (Å²) in [4.78, 5) is 0. The summed E-state index contributed by atoms with van der Waals surface area (Å²) in [5, 5.41) is -4.29. The Bertz CT molecular complexity index is 502. The molecule has 0 heterocycles. The fourth-order valence-corrected chi connectivity index (χ4v) is 51.0. The normalized spacial score (nSPS) is 16.8. The van der Waals surface area contributed by atoms with Crippen LogP contribution in [0.3, 0.4) is 0 Å². The first kappa shape index (κ1) is 17.0. The molecule has 0 rings (SSSR count). The van der Waals surface area contributed by atoms with Gasteiger partial charge in [0, 0.05) is 42.5 Å². The molecule has 1 unspecified atom stereocenters. The van der Waals surface area contributed by atoms with Crippen molar-refractivity contribution in [3.8, 4) is 0 Å². The third-order valence-corrected chi connectivity index (χ3v) is 61.9. The first-order valence-electron chi connectivity index (χ1n) is 2.00. The molecule has 80 valence electrons. The summed E-state index contributed by atoms with van der Waals surface area (Å²) in [5.41, 5.74) is 0. The Morgan fingerprint density at radius 1 is 1.00 bits per heavy atom. The van der Waals surface area contributed by atoms with E-state index in [1.165, 1.54) is 0 Å². The summed E-state index contributed by atoms with van der Waals surface area (Å²) in [5.74, 6) is 0. The summed E-state index contributed by atoms with van der Waals surface area (Å²) in [6, 6.07) is 0. The highest BCUT2D eigenvalue weighted by atomic mass is 127. The van der Waals surface area contributed by atoms with Crippen LogP contribution in [-0.2, 0) is 99.6 Å². The van der Waals surface area contributed by atoms with Gasteiger partial charge in [-0.2, -0.15) is 0 Å². The summed E-state index contributed by atoms with van der Waals surface area (Å²) in [6.45, 7) is 0. The predicted molar refractivity (Wildman–Crippen MR) is 104 cm³/mol. The smallest absolute Gasteiger partial charge is 0.0433 e. The molecule has 0 aromatic heterocycles. The molecular formula is HIS12. The number of halogens is 1. The lowest BCUT2D eigenvalue weighted by atomic mass is 29.9. The molecular weight excluding hydrogens is 512 g/mol. The van der Waals surface area contributed by atoms with Crippen molar-refractivity contribution < 1.29 is 0 Å². The van der Waals surface area contributed by atoms with Gasteiger partial charge in [-0.1, -0.05) is 11.7 Å². The second-order valence-electron chi connectivity index (χ2n) is 1.43. The van der Waals surface area contributed by atoms with Crippen LogP contribution in [0, 0.1) is 0 Å². The maximum absolute atomic E-state index is 5.23. The Morgan fingerprint density at radius 2 is 1.31 bits per heavy atom. The fraction of sp³-hybridized carbons (Fsp3) is 0. The minimum atomic E-state index is -2.16. The second kappa shape index (κ2) is 5.77. The summed E-state index contributed by atoms with van der Waals surface area (Å²) < 4.78 is -1.94. The Labute approximate surface area is 129 Å². The quantitative estimate of drug-likeness (QED) is 0.258. The molecule has 0 radical (unpaired) electrons. The maximum atomic E-state index is 5.23. The molecule has 0 saturated heterocycles. The van der Waals surface area contributed by atoms with Gasteiger partial charge in [0.2, 0.25) is 0 Å². The van der Waals surface area contributed by atoms with Crippen LogP contribution in [0.5, 0.6) is 0 Å². The zero-order valence-electron chi connectivity index (χ0n) is 5.32. The molecule has 0 spiro atoms. The van der Waals surface area contributed by atoms with Crippen molar-refractivity contribution >= 4 is 132 Å². The van der Waals surface area contributed by atoms with Crippen molar-refractivity contribution in [2.75, 3.05) is 0 Å². The SMILES string of the molecule is S=S(S)S(=S)(=S)S(=S)(=S)S(=S)(=S)I. The average molecular weight is 513 g/mol. The Balaban J connectivity index is 6.09. The monoisotopic (exact) mass is 512 g/mol. The number of hydrogen-bond acceptors (Lipinski definition) is 7. The molecule has 0 saturated carbocycles. The molecule has 0 bridgehead atoms. The van der Waals surface area contributed by atoms with E-state index in [0.717, 1.165) is 0 Å². The second-order valence-corrected chi connectivity index (χ2v) is 44.8. The van der Waals surface area contributed by atoms with Gasteiger partial charge in [0.25, 0.3) is 0 Å². The van der Waals surface area contributed by atoms with Crippen molar-refractivity contribution in [1.29, 1.82) is 0 Å². The molecule has 0 aromatic carbocycles. The van der Waals surface area contributed by atoms with Crippen molar-refractivity contribution in [2.24, 2.45) is 0 Å². The first-order valence-corrected chi connectivity index (χ1v) is 19.7. The molecule has 0 aromatic rings.